The van der Waals surface area contributed by atoms with Crippen molar-refractivity contribution >= 4 is 17.4 Å². The molecule has 1 saturated heterocycles. The van der Waals surface area contributed by atoms with Gasteiger partial charge >= 0.3 is 0 Å². The van der Waals surface area contributed by atoms with Crippen molar-refractivity contribution in [2.45, 2.75) is 33.2 Å². The lowest BCUT2D eigenvalue weighted by molar-refractivity contribution is -0.140. The van der Waals surface area contributed by atoms with Crippen LogP contribution in [0, 0.1) is 5.92 Å². The zero-order valence-corrected chi connectivity index (χ0v) is 22.6. The van der Waals surface area contributed by atoms with Crippen molar-refractivity contribution in [3.8, 4) is 17.2 Å². The zero-order valence-electron chi connectivity index (χ0n) is 22.6. The van der Waals surface area contributed by atoms with Crippen LogP contribution in [0.15, 0.2) is 48.0 Å². The van der Waals surface area contributed by atoms with Crippen LogP contribution >= 0.6 is 0 Å². The van der Waals surface area contributed by atoms with Gasteiger partial charge in [0.1, 0.15) is 11.5 Å². The Bertz CT molecular complexity index is 1120. The number of Topliss-reactive ketones (excluding diaryl/α,β-unsaturated/α-hetero) is 1. The van der Waals surface area contributed by atoms with Gasteiger partial charge in [0.25, 0.3) is 11.7 Å². The number of hydrogen-bond donors (Lipinski definition) is 1. The number of hydrogen-bond acceptors (Lipinski definition) is 7. The fourth-order valence-electron chi connectivity index (χ4n) is 4.17. The maximum absolute atomic E-state index is 13.3. The number of likely N-dealkylation sites (N-methyl/N-ethyl adjacent to an activating group) is 1. The molecule has 1 amide bonds. The summed E-state index contributed by atoms with van der Waals surface area (Å²) in [6, 6.07) is 11.4. The van der Waals surface area contributed by atoms with Crippen molar-refractivity contribution in [1.29, 1.82) is 0 Å². The number of rotatable bonds is 12. The van der Waals surface area contributed by atoms with Gasteiger partial charge < -0.3 is 29.1 Å². The van der Waals surface area contributed by atoms with E-state index in [9.17, 15) is 14.7 Å². The Morgan fingerprint density at radius 3 is 2.35 bits per heavy atom. The summed E-state index contributed by atoms with van der Waals surface area (Å²) in [5, 5.41) is 11.3. The summed E-state index contributed by atoms with van der Waals surface area (Å²) in [5.74, 6) is 0.658. The quantitative estimate of drug-likeness (QED) is 0.255. The lowest BCUT2D eigenvalue weighted by Crippen LogP contribution is -2.35. The third-order valence-corrected chi connectivity index (χ3v) is 6.22. The molecule has 8 nitrogen and oxygen atoms in total. The highest BCUT2D eigenvalue weighted by atomic mass is 16.5. The average molecular weight is 511 g/mol. The lowest BCUT2D eigenvalue weighted by Gasteiger charge is -2.27. The minimum Gasteiger partial charge on any atom is -0.507 e. The van der Waals surface area contributed by atoms with E-state index in [1.165, 1.54) is 4.90 Å². The molecule has 200 valence electrons. The highest BCUT2D eigenvalue weighted by Crippen LogP contribution is 2.42. The molecule has 1 N–H and O–H groups in total. The van der Waals surface area contributed by atoms with Crippen LogP contribution in [-0.4, -0.2) is 74.1 Å². The van der Waals surface area contributed by atoms with Crippen LogP contribution in [0.4, 0.5) is 0 Å². The maximum atomic E-state index is 13.3. The van der Waals surface area contributed by atoms with Crippen LogP contribution in [0.3, 0.4) is 0 Å². The van der Waals surface area contributed by atoms with Crippen LogP contribution < -0.4 is 14.2 Å². The number of carbonyl (C=O) groups excluding carboxylic acids is 2. The molecule has 2 aromatic rings. The standard InChI is InChI=1S/C29H38N2O6/c1-7-36-22-11-8-20(9-12-22)27(32)25-26(31(16-15-30(4)5)29(34)28(25)33)21-10-13-23(24(18-21)35-6)37-17-14-19(2)3/h8-13,18-19,26,32H,7,14-17H2,1-6H3/b27-25+. The summed E-state index contributed by atoms with van der Waals surface area (Å²) in [6.07, 6.45) is 0.900. The largest absolute Gasteiger partial charge is 0.507 e. The molecule has 1 aliphatic rings. The monoisotopic (exact) mass is 510 g/mol. The summed E-state index contributed by atoms with van der Waals surface area (Å²) < 4.78 is 17.0. The molecular formula is C29H38N2O6. The van der Waals surface area contributed by atoms with Crippen LogP contribution in [0.1, 0.15) is 44.4 Å². The number of aliphatic hydroxyl groups is 1. The second kappa shape index (κ2) is 12.6. The molecule has 1 fully saturated rings. The number of nitrogens with zero attached hydrogens (tertiary/aromatic N) is 2. The number of amides is 1. The molecule has 0 radical (unpaired) electrons. The Kier molecular flexibility index (Phi) is 9.58. The van der Waals surface area contributed by atoms with E-state index in [0.717, 1.165) is 6.42 Å². The predicted molar refractivity (Wildman–Crippen MR) is 143 cm³/mol. The SMILES string of the molecule is CCOc1ccc(/C(O)=C2\C(=O)C(=O)N(CCN(C)C)C2c2ccc(OCCC(C)C)c(OC)c2)cc1. The van der Waals surface area contributed by atoms with E-state index >= 15 is 0 Å². The summed E-state index contributed by atoms with van der Waals surface area (Å²) in [7, 11) is 5.35. The molecule has 0 bridgehead atoms. The molecule has 1 aliphatic heterocycles. The number of benzene rings is 2. The lowest BCUT2D eigenvalue weighted by atomic mass is 9.95. The van der Waals surface area contributed by atoms with E-state index in [-0.39, 0.29) is 11.3 Å². The highest BCUT2D eigenvalue weighted by molar-refractivity contribution is 6.46. The molecule has 0 spiro atoms. The number of aliphatic hydroxyl groups excluding tert-OH is 1. The van der Waals surface area contributed by atoms with Gasteiger partial charge in [-0.1, -0.05) is 19.9 Å². The molecule has 0 aromatic heterocycles. The second-order valence-corrected chi connectivity index (χ2v) is 9.69. The first-order valence-corrected chi connectivity index (χ1v) is 12.6. The van der Waals surface area contributed by atoms with Gasteiger partial charge in [-0.25, -0.2) is 0 Å². The van der Waals surface area contributed by atoms with Gasteiger partial charge in [0, 0.05) is 18.7 Å². The third-order valence-electron chi connectivity index (χ3n) is 6.22. The molecule has 37 heavy (non-hydrogen) atoms. The predicted octanol–water partition coefficient (Wildman–Crippen LogP) is 4.50. The fourth-order valence-corrected chi connectivity index (χ4v) is 4.17. The first-order valence-electron chi connectivity index (χ1n) is 12.6. The van der Waals surface area contributed by atoms with Crippen molar-refractivity contribution < 1.29 is 28.9 Å². The molecule has 3 rings (SSSR count). The van der Waals surface area contributed by atoms with E-state index in [2.05, 4.69) is 13.8 Å². The second-order valence-electron chi connectivity index (χ2n) is 9.69. The van der Waals surface area contributed by atoms with Crippen LogP contribution in [0.5, 0.6) is 17.2 Å². The van der Waals surface area contributed by atoms with Crippen molar-refractivity contribution in [3.05, 3.63) is 59.2 Å². The van der Waals surface area contributed by atoms with E-state index in [1.807, 2.05) is 32.0 Å². The number of methoxy groups -OCH3 is 1. The third kappa shape index (κ3) is 6.63. The molecule has 1 heterocycles. The normalized spacial score (nSPS) is 17.1. The van der Waals surface area contributed by atoms with E-state index < -0.39 is 17.7 Å². The van der Waals surface area contributed by atoms with E-state index in [4.69, 9.17) is 14.2 Å². The van der Waals surface area contributed by atoms with E-state index in [0.29, 0.717) is 60.6 Å². The van der Waals surface area contributed by atoms with Gasteiger partial charge in [-0.2, -0.15) is 0 Å². The van der Waals surface area contributed by atoms with Crippen molar-refractivity contribution in [3.63, 3.8) is 0 Å². The summed E-state index contributed by atoms with van der Waals surface area (Å²) in [4.78, 5) is 29.9. The summed E-state index contributed by atoms with van der Waals surface area (Å²) in [5.41, 5.74) is 1.13. The molecule has 2 aromatic carbocycles. The summed E-state index contributed by atoms with van der Waals surface area (Å²) >= 11 is 0. The van der Waals surface area contributed by atoms with Crippen molar-refractivity contribution in [2.24, 2.45) is 5.92 Å². The zero-order chi connectivity index (χ0) is 27.1. The maximum Gasteiger partial charge on any atom is 0.295 e. The van der Waals surface area contributed by atoms with Gasteiger partial charge in [0.15, 0.2) is 11.5 Å². The smallest absolute Gasteiger partial charge is 0.295 e. The van der Waals surface area contributed by atoms with Gasteiger partial charge in [0.2, 0.25) is 0 Å². The van der Waals surface area contributed by atoms with Gasteiger partial charge in [-0.05, 0) is 75.3 Å². The molecule has 0 saturated carbocycles. The Labute approximate surface area is 219 Å². The summed E-state index contributed by atoms with van der Waals surface area (Å²) in [6.45, 7) is 8.08. The Morgan fingerprint density at radius 1 is 1.05 bits per heavy atom. The average Bonchev–Trinajstić information content (AvgIpc) is 3.12. The number of ether oxygens (including phenoxy) is 3. The number of carbonyl (C=O) groups is 2. The first kappa shape index (κ1) is 28.1. The first-order chi connectivity index (χ1) is 17.7. The molecule has 1 atom stereocenters. The van der Waals surface area contributed by atoms with Gasteiger partial charge in [-0.3, -0.25) is 9.59 Å². The molecular weight excluding hydrogens is 472 g/mol. The van der Waals surface area contributed by atoms with Crippen LogP contribution in [0.25, 0.3) is 5.76 Å². The number of likely N-dealkylation sites (tertiary alicyclic amines) is 1. The fraction of sp³-hybridized carbons (Fsp3) is 0.448. The Hall–Kier alpha value is -3.52. The minimum atomic E-state index is -0.773. The van der Waals surface area contributed by atoms with Crippen LogP contribution in [0.2, 0.25) is 0 Å². The molecule has 1 unspecified atom stereocenters. The van der Waals surface area contributed by atoms with Crippen molar-refractivity contribution in [2.75, 3.05) is 47.5 Å². The Morgan fingerprint density at radius 2 is 1.76 bits per heavy atom. The molecule has 8 heteroatoms. The van der Waals surface area contributed by atoms with E-state index in [1.54, 1.807) is 43.5 Å². The van der Waals surface area contributed by atoms with Gasteiger partial charge in [-0.15, -0.1) is 0 Å². The molecule has 0 aliphatic carbocycles. The highest BCUT2D eigenvalue weighted by Gasteiger charge is 2.46. The topological polar surface area (TPSA) is 88.5 Å². The Balaban J connectivity index is 2.07. The van der Waals surface area contributed by atoms with Crippen molar-refractivity contribution in [1.82, 2.24) is 9.80 Å². The minimum absolute atomic E-state index is 0.0449. The number of ketones is 1. The van der Waals surface area contributed by atoms with Gasteiger partial charge in [0.05, 0.1) is 31.9 Å². The van der Waals surface area contributed by atoms with Crippen LogP contribution in [-0.2, 0) is 9.59 Å².